The highest BCUT2D eigenvalue weighted by atomic mass is 79.9. The maximum Gasteiger partial charge on any atom is 0.122 e. The number of benzene rings is 2. The molecule has 0 unspecified atom stereocenters. The average molecular weight is 461 g/mol. The molecule has 5 heteroatoms. The van der Waals surface area contributed by atoms with Crippen LogP contribution in [0.4, 0.5) is 0 Å². The predicted octanol–water partition coefficient (Wildman–Crippen LogP) is 5.63. The van der Waals surface area contributed by atoms with Crippen LogP contribution in [0, 0.1) is 5.92 Å². The Morgan fingerprint density at radius 1 is 1.17 bits per heavy atom. The van der Waals surface area contributed by atoms with Crippen LogP contribution in [-0.4, -0.2) is 28.5 Å². The molecule has 0 saturated heterocycles. The molecule has 4 nitrogen and oxygen atoms in total. The summed E-state index contributed by atoms with van der Waals surface area (Å²) in [6.45, 7) is 5.85. The van der Waals surface area contributed by atoms with Crippen LogP contribution >= 0.6 is 15.9 Å². The van der Waals surface area contributed by atoms with Crippen molar-refractivity contribution in [2.45, 2.75) is 38.4 Å². The van der Waals surface area contributed by atoms with Crippen molar-refractivity contribution >= 4 is 22.0 Å². The number of ether oxygens (including phenoxy) is 1. The molecule has 0 spiro atoms. The Labute approximate surface area is 181 Å². The second-order valence-electron chi connectivity index (χ2n) is 7.00. The van der Waals surface area contributed by atoms with Gasteiger partial charge in [-0.3, -0.25) is 0 Å². The van der Waals surface area contributed by atoms with Gasteiger partial charge in [0.1, 0.15) is 11.5 Å². The summed E-state index contributed by atoms with van der Waals surface area (Å²) in [5, 5.41) is 31.5. The predicted molar refractivity (Wildman–Crippen MR) is 121 cm³/mol. The SMILES string of the molecule is C=C[C@H]([C@H](O)CC/C(=C/c1cc(Br)ccc1O)CC)[C@H](O)c1ccc(OC)cc1. The summed E-state index contributed by atoms with van der Waals surface area (Å²) >= 11 is 3.42. The minimum Gasteiger partial charge on any atom is -0.507 e. The molecule has 0 fully saturated rings. The molecule has 2 aromatic carbocycles. The van der Waals surface area contributed by atoms with Crippen molar-refractivity contribution < 1.29 is 20.1 Å². The second-order valence-corrected chi connectivity index (χ2v) is 7.91. The monoisotopic (exact) mass is 460 g/mol. The van der Waals surface area contributed by atoms with Gasteiger partial charge in [-0.05, 0) is 55.2 Å². The van der Waals surface area contributed by atoms with Gasteiger partial charge in [-0.25, -0.2) is 0 Å². The molecule has 0 aliphatic carbocycles. The molecule has 0 heterocycles. The number of phenolic OH excluding ortho intramolecular Hbond substituents is 1. The summed E-state index contributed by atoms with van der Waals surface area (Å²) in [5.74, 6) is 0.449. The molecule has 0 amide bonds. The van der Waals surface area contributed by atoms with Gasteiger partial charge in [0, 0.05) is 16.0 Å². The van der Waals surface area contributed by atoms with Crippen LogP contribution < -0.4 is 4.74 Å². The third-order valence-corrected chi connectivity index (χ3v) is 5.60. The number of hydrogen-bond donors (Lipinski definition) is 3. The van der Waals surface area contributed by atoms with E-state index in [2.05, 4.69) is 22.5 Å². The highest BCUT2D eigenvalue weighted by Gasteiger charge is 2.25. The number of allylic oxidation sites excluding steroid dienone is 1. The lowest BCUT2D eigenvalue weighted by molar-refractivity contribution is 0.0318. The van der Waals surface area contributed by atoms with Gasteiger partial charge in [-0.15, -0.1) is 6.58 Å². The first-order chi connectivity index (χ1) is 13.9. The van der Waals surface area contributed by atoms with Gasteiger partial charge >= 0.3 is 0 Å². The summed E-state index contributed by atoms with van der Waals surface area (Å²) in [6.07, 6.45) is 3.91. The van der Waals surface area contributed by atoms with Crippen molar-refractivity contribution in [2.75, 3.05) is 7.11 Å². The Balaban J connectivity index is 2.07. The van der Waals surface area contributed by atoms with Crippen molar-refractivity contribution in [2.24, 2.45) is 5.92 Å². The molecular formula is C24H29BrO4. The zero-order valence-corrected chi connectivity index (χ0v) is 18.5. The molecule has 0 radical (unpaired) electrons. The van der Waals surface area contributed by atoms with Crippen LogP contribution in [0.25, 0.3) is 6.08 Å². The third kappa shape index (κ3) is 6.46. The summed E-state index contributed by atoms with van der Waals surface area (Å²) in [4.78, 5) is 0. The Morgan fingerprint density at radius 3 is 2.45 bits per heavy atom. The zero-order valence-electron chi connectivity index (χ0n) is 16.9. The number of methoxy groups -OCH3 is 1. The molecular weight excluding hydrogens is 432 g/mol. The van der Waals surface area contributed by atoms with E-state index < -0.39 is 18.1 Å². The van der Waals surface area contributed by atoms with Crippen LogP contribution in [0.2, 0.25) is 0 Å². The van der Waals surface area contributed by atoms with Crippen LogP contribution in [0.3, 0.4) is 0 Å². The van der Waals surface area contributed by atoms with Gasteiger partial charge in [-0.1, -0.05) is 52.7 Å². The van der Waals surface area contributed by atoms with E-state index in [4.69, 9.17) is 4.74 Å². The van der Waals surface area contributed by atoms with Crippen LogP contribution in [0.15, 0.2) is 65.2 Å². The number of aromatic hydroxyl groups is 1. The molecule has 0 saturated carbocycles. The van der Waals surface area contributed by atoms with Gasteiger partial charge in [0.05, 0.1) is 19.3 Å². The molecule has 0 aromatic heterocycles. The molecule has 156 valence electrons. The molecule has 0 aliphatic heterocycles. The van der Waals surface area contributed by atoms with E-state index in [1.165, 1.54) is 0 Å². The van der Waals surface area contributed by atoms with E-state index in [-0.39, 0.29) is 5.75 Å². The van der Waals surface area contributed by atoms with Gasteiger partial charge in [0.15, 0.2) is 0 Å². The minimum atomic E-state index is -0.850. The standard InChI is InChI=1S/C24H29BrO4/c1-4-16(14-18-15-19(25)9-13-22(18)26)6-12-23(27)21(5-2)24(28)17-7-10-20(29-3)11-8-17/h5,7-11,13-15,21,23-24,26-28H,2,4,6,12H2,1,3H3/b16-14+/t21-,23-,24-/m1/s1. The number of halogens is 1. The first kappa shape index (κ1) is 23.2. The fraction of sp³-hybridized carbons (Fsp3) is 0.333. The normalized spacial score (nSPS) is 14.9. The fourth-order valence-electron chi connectivity index (χ4n) is 3.26. The Bertz CT molecular complexity index is 829. The van der Waals surface area contributed by atoms with Crippen molar-refractivity contribution in [3.05, 3.63) is 76.3 Å². The van der Waals surface area contributed by atoms with Crippen molar-refractivity contribution in [3.8, 4) is 11.5 Å². The van der Waals surface area contributed by atoms with E-state index in [1.807, 2.05) is 19.1 Å². The van der Waals surface area contributed by atoms with Gasteiger partial charge in [0.25, 0.3) is 0 Å². The Hall–Kier alpha value is -2.08. The molecule has 3 N–H and O–H groups in total. The van der Waals surface area contributed by atoms with Crippen molar-refractivity contribution in [1.29, 1.82) is 0 Å². The van der Waals surface area contributed by atoms with Crippen LogP contribution in [-0.2, 0) is 0 Å². The smallest absolute Gasteiger partial charge is 0.122 e. The van der Waals surface area contributed by atoms with E-state index >= 15 is 0 Å². The first-order valence-corrected chi connectivity index (χ1v) is 10.5. The number of phenols is 1. The van der Waals surface area contributed by atoms with E-state index in [9.17, 15) is 15.3 Å². The lowest BCUT2D eigenvalue weighted by Gasteiger charge is -2.25. The van der Waals surface area contributed by atoms with Gasteiger partial charge < -0.3 is 20.1 Å². The third-order valence-electron chi connectivity index (χ3n) is 5.10. The lowest BCUT2D eigenvalue weighted by atomic mass is 9.87. The maximum atomic E-state index is 10.7. The number of aliphatic hydroxyl groups is 2. The molecule has 2 rings (SSSR count). The molecule has 0 aliphatic rings. The van der Waals surface area contributed by atoms with E-state index in [0.717, 1.165) is 22.0 Å². The van der Waals surface area contributed by atoms with E-state index in [0.29, 0.717) is 24.2 Å². The number of rotatable bonds is 10. The first-order valence-electron chi connectivity index (χ1n) is 9.70. The van der Waals surface area contributed by atoms with Gasteiger partial charge in [0.2, 0.25) is 0 Å². The number of aliphatic hydroxyl groups excluding tert-OH is 2. The minimum absolute atomic E-state index is 0.221. The summed E-state index contributed by atoms with van der Waals surface area (Å²) in [5.41, 5.74) is 2.56. The zero-order chi connectivity index (χ0) is 21.4. The van der Waals surface area contributed by atoms with Crippen molar-refractivity contribution in [3.63, 3.8) is 0 Å². The Morgan fingerprint density at radius 2 is 1.86 bits per heavy atom. The maximum absolute atomic E-state index is 10.7. The van der Waals surface area contributed by atoms with Crippen molar-refractivity contribution in [1.82, 2.24) is 0 Å². The highest BCUT2D eigenvalue weighted by Crippen LogP contribution is 2.31. The molecule has 0 bridgehead atoms. The fourth-order valence-corrected chi connectivity index (χ4v) is 3.64. The van der Waals surface area contributed by atoms with Gasteiger partial charge in [-0.2, -0.15) is 0 Å². The molecule has 2 aromatic rings. The Kier molecular flexibility index (Phi) is 8.96. The lowest BCUT2D eigenvalue weighted by Crippen LogP contribution is -2.25. The molecule has 3 atom stereocenters. The van der Waals surface area contributed by atoms with E-state index in [1.54, 1.807) is 49.6 Å². The largest absolute Gasteiger partial charge is 0.507 e. The van der Waals surface area contributed by atoms with Crippen LogP contribution in [0.5, 0.6) is 11.5 Å². The summed E-state index contributed by atoms with van der Waals surface area (Å²) in [6, 6.07) is 12.5. The summed E-state index contributed by atoms with van der Waals surface area (Å²) in [7, 11) is 1.59. The van der Waals surface area contributed by atoms with Crippen LogP contribution in [0.1, 0.15) is 43.4 Å². The summed E-state index contributed by atoms with van der Waals surface area (Å²) < 4.78 is 6.04. The highest BCUT2D eigenvalue weighted by molar-refractivity contribution is 9.10. The number of hydrogen-bond acceptors (Lipinski definition) is 4. The topological polar surface area (TPSA) is 69.9 Å². The molecule has 29 heavy (non-hydrogen) atoms. The quantitative estimate of drug-likeness (QED) is 0.401. The second kappa shape index (κ2) is 11.2. The average Bonchev–Trinajstić information content (AvgIpc) is 2.73.